The molecule has 31 heavy (non-hydrogen) atoms. The molecule has 0 heterocycles. The van der Waals surface area contributed by atoms with Crippen molar-refractivity contribution >= 4 is 21.4 Å². The number of aryl methyl sites for hydroxylation is 2. The van der Waals surface area contributed by atoms with Crippen LogP contribution in [-0.2, 0) is 29.1 Å². The third-order valence-corrected chi connectivity index (χ3v) is 9.39. The molecule has 0 aliphatic heterocycles. The molecular weight excluding hydrogens is 428 g/mol. The molecule has 1 aliphatic carbocycles. The number of nitrogens with two attached hydrogens (primary N) is 2. The minimum atomic E-state index is -3.28. The summed E-state index contributed by atoms with van der Waals surface area (Å²) < 4.78 is 24.8. The van der Waals surface area contributed by atoms with E-state index in [9.17, 15) is 8.42 Å². The van der Waals surface area contributed by atoms with Crippen LogP contribution in [0.5, 0.6) is 0 Å². The number of sulfone groups is 1. The minimum absolute atomic E-state index is 0.130. The molecular formula is C25H35ClN2O2S. The predicted molar refractivity (Wildman–Crippen MR) is 130 cm³/mol. The summed E-state index contributed by atoms with van der Waals surface area (Å²) in [6, 6.07) is 14.8. The number of hydrogen-bond acceptors (Lipinski definition) is 4. The fraction of sp³-hybridized carbons (Fsp3) is 0.520. The number of hydrogen-bond donors (Lipinski definition) is 2. The molecule has 3 rings (SSSR count). The van der Waals surface area contributed by atoms with Crippen LogP contribution in [0.2, 0.25) is 5.02 Å². The smallest absolute Gasteiger partial charge is 0.168 e. The maximum Gasteiger partial charge on any atom is 0.168 e. The van der Waals surface area contributed by atoms with E-state index in [1.165, 1.54) is 22.3 Å². The van der Waals surface area contributed by atoms with Crippen LogP contribution in [0.3, 0.4) is 0 Å². The van der Waals surface area contributed by atoms with Crippen molar-refractivity contribution in [2.75, 3.05) is 5.75 Å². The number of fused-ring (bicyclic) bond motifs is 1. The molecule has 0 spiro atoms. The maximum atomic E-state index is 12.4. The molecule has 4 nitrogen and oxygen atoms in total. The van der Waals surface area contributed by atoms with Crippen molar-refractivity contribution in [1.29, 1.82) is 0 Å². The van der Waals surface area contributed by atoms with Crippen molar-refractivity contribution in [3.63, 3.8) is 0 Å². The van der Waals surface area contributed by atoms with Crippen LogP contribution >= 0.6 is 11.6 Å². The Labute approximate surface area is 192 Å². The van der Waals surface area contributed by atoms with E-state index >= 15 is 0 Å². The second-order valence-corrected chi connectivity index (χ2v) is 12.2. The van der Waals surface area contributed by atoms with Gasteiger partial charge < -0.3 is 11.5 Å². The zero-order chi connectivity index (χ0) is 22.6. The fourth-order valence-electron chi connectivity index (χ4n) is 4.56. The monoisotopic (exact) mass is 462 g/mol. The molecule has 2 aromatic rings. The third kappa shape index (κ3) is 5.89. The molecule has 6 heteroatoms. The van der Waals surface area contributed by atoms with Gasteiger partial charge in [-0.1, -0.05) is 48.9 Å². The SMILES string of the molecule is CCCS(=O)(=O)C(C)(N)CCCc1ccc2c(c1)C(Cc1ccc(Cl)cc1)C(N)CC2. The van der Waals surface area contributed by atoms with Crippen molar-refractivity contribution in [3.05, 3.63) is 69.7 Å². The first-order valence-electron chi connectivity index (χ1n) is 11.3. The Kier molecular flexibility index (Phi) is 7.85. The Morgan fingerprint density at radius 3 is 2.48 bits per heavy atom. The number of halogens is 1. The van der Waals surface area contributed by atoms with Gasteiger partial charge in [0.25, 0.3) is 0 Å². The van der Waals surface area contributed by atoms with Gasteiger partial charge in [0.05, 0.1) is 5.75 Å². The van der Waals surface area contributed by atoms with Gasteiger partial charge in [0, 0.05) is 17.0 Å². The highest BCUT2D eigenvalue weighted by Gasteiger charge is 2.33. The van der Waals surface area contributed by atoms with E-state index in [4.69, 9.17) is 23.1 Å². The van der Waals surface area contributed by atoms with E-state index in [0.717, 1.165) is 37.1 Å². The number of rotatable bonds is 9. The van der Waals surface area contributed by atoms with Crippen LogP contribution < -0.4 is 11.5 Å². The lowest BCUT2D eigenvalue weighted by atomic mass is 9.76. The van der Waals surface area contributed by atoms with Gasteiger partial charge in [0.1, 0.15) is 4.87 Å². The van der Waals surface area contributed by atoms with Crippen molar-refractivity contribution in [2.24, 2.45) is 11.5 Å². The molecule has 0 fully saturated rings. The second-order valence-electron chi connectivity index (χ2n) is 9.16. The summed E-state index contributed by atoms with van der Waals surface area (Å²) >= 11 is 6.04. The van der Waals surface area contributed by atoms with Crippen LogP contribution in [0, 0.1) is 0 Å². The molecule has 0 aromatic heterocycles. The summed E-state index contributed by atoms with van der Waals surface area (Å²) in [6.45, 7) is 3.51. The van der Waals surface area contributed by atoms with Gasteiger partial charge in [-0.05, 0) is 86.3 Å². The van der Waals surface area contributed by atoms with Crippen LogP contribution in [-0.4, -0.2) is 25.1 Å². The topological polar surface area (TPSA) is 86.2 Å². The second kappa shape index (κ2) is 10.0. The Bertz CT molecular complexity index is 987. The van der Waals surface area contributed by atoms with E-state index in [-0.39, 0.29) is 17.7 Å². The van der Waals surface area contributed by atoms with E-state index in [0.29, 0.717) is 12.8 Å². The Morgan fingerprint density at radius 1 is 1.13 bits per heavy atom. The summed E-state index contributed by atoms with van der Waals surface area (Å²) in [5, 5.41) is 0.743. The molecule has 0 bridgehead atoms. The molecule has 0 radical (unpaired) electrons. The summed E-state index contributed by atoms with van der Waals surface area (Å²) in [6.07, 6.45) is 5.49. The van der Waals surface area contributed by atoms with Gasteiger partial charge in [-0.15, -0.1) is 0 Å². The first-order chi connectivity index (χ1) is 14.6. The summed E-state index contributed by atoms with van der Waals surface area (Å²) in [5.41, 5.74) is 17.9. The van der Waals surface area contributed by atoms with Crippen LogP contribution in [0.1, 0.15) is 67.7 Å². The van der Waals surface area contributed by atoms with E-state index in [2.05, 4.69) is 30.3 Å². The van der Waals surface area contributed by atoms with Gasteiger partial charge in [0.2, 0.25) is 0 Å². The maximum absolute atomic E-state index is 12.4. The molecule has 2 aromatic carbocycles. The standard InChI is InChI=1S/C25H35ClN2O2S/c1-3-15-31(29,30)25(2,28)14-4-5-18-6-9-20-10-13-24(27)23(22(20)16-18)17-19-7-11-21(26)12-8-19/h6-9,11-12,16,23-24H,3-5,10,13-15,17,27-28H2,1-2H3. The van der Waals surface area contributed by atoms with E-state index < -0.39 is 14.7 Å². The first-order valence-corrected chi connectivity index (χ1v) is 13.3. The molecule has 170 valence electrons. The highest BCUT2D eigenvalue weighted by atomic mass is 35.5. The summed E-state index contributed by atoms with van der Waals surface area (Å²) in [5.74, 6) is 0.415. The third-order valence-electron chi connectivity index (χ3n) is 6.56. The highest BCUT2D eigenvalue weighted by molar-refractivity contribution is 7.92. The number of benzene rings is 2. The largest absolute Gasteiger partial charge is 0.327 e. The van der Waals surface area contributed by atoms with Gasteiger partial charge in [-0.3, -0.25) is 0 Å². The van der Waals surface area contributed by atoms with Crippen molar-refractivity contribution in [3.8, 4) is 0 Å². The zero-order valence-electron chi connectivity index (χ0n) is 18.6. The average molecular weight is 463 g/mol. The lowest BCUT2D eigenvalue weighted by molar-refractivity contribution is 0.466. The van der Waals surface area contributed by atoms with Gasteiger partial charge >= 0.3 is 0 Å². The normalized spacial score (nSPS) is 20.8. The van der Waals surface area contributed by atoms with Gasteiger partial charge in [-0.2, -0.15) is 0 Å². The molecule has 1 aliphatic rings. The van der Waals surface area contributed by atoms with Crippen molar-refractivity contribution in [1.82, 2.24) is 0 Å². The fourth-order valence-corrected chi connectivity index (χ4v) is 6.15. The average Bonchev–Trinajstić information content (AvgIpc) is 2.71. The molecule has 4 N–H and O–H groups in total. The van der Waals surface area contributed by atoms with Crippen LogP contribution in [0.15, 0.2) is 42.5 Å². The Balaban J connectivity index is 1.72. The lowest BCUT2D eigenvalue weighted by Crippen LogP contribution is -2.46. The van der Waals surface area contributed by atoms with Gasteiger partial charge in [-0.25, -0.2) is 8.42 Å². The van der Waals surface area contributed by atoms with Crippen LogP contribution in [0.4, 0.5) is 0 Å². The summed E-state index contributed by atoms with van der Waals surface area (Å²) in [4.78, 5) is -1.17. The minimum Gasteiger partial charge on any atom is -0.327 e. The quantitative estimate of drug-likeness (QED) is 0.562. The molecule has 0 saturated carbocycles. The van der Waals surface area contributed by atoms with E-state index in [1.54, 1.807) is 6.92 Å². The Morgan fingerprint density at radius 2 is 1.81 bits per heavy atom. The predicted octanol–water partition coefficient (Wildman–Crippen LogP) is 4.76. The van der Waals surface area contributed by atoms with E-state index in [1.807, 2.05) is 19.1 Å². The highest BCUT2D eigenvalue weighted by Crippen LogP contribution is 2.35. The zero-order valence-corrected chi connectivity index (χ0v) is 20.2. The summed E-state index contributed by atoms with van der Waals surface area (Å²) in [7, 11) is -3.28. The van der Waals surface area contributed by atoms with Crippen molar-refractivity contribution in [2.45, 2.75) is 75.6 Å². The lowest BCUT2D eigenvalue weighted by Gasteiger charge is -2.32. The first kappa shape index (κ1) is 24.2. The molecule has 3 atom stereocenters. The van der Waals surface area contributed by atoms with Crippen LogP contribution in [0.25, 0.3) is 0 Å². The Hall–Kier alpha value is -1.40. The molecule has 0 saturated heterocycles. The van der Waals surface area contributed by atoms with Gasteiger partial charge in [0.15, 0.2) is 9.84 Å². The molecule has 3 unspecified atom stereocenters. The van der Waals surface area contributed by atoms with Crippen molar-refractivity contribution < 1.29 is 8.42 Å². The molecule has 0 amide bonds.